The van der Waals surface area contributed by atoms with E-state index in [1.54, 1.807) is 18.3 Å². The minimum absolute atomic E-state index is 0.122. The maximum absolute atomic E-state index is 11.9. The Morgan fingerprint density at radius 1 is 1.12 bits per heavy atom. The lowest BCUT2D eigenvalue weighted by molar-refractivity contribution is 0.472. The van der Waals surface area contributed by atoms with Crippen molar-refractivity contribution in [3.63, 3.8) is 0 Å². The van der Waals surface area contributed by atoms with Gasteiger partial charge in [-0.3, -0.25) is 5.10 Å². The number of nitrogens with zero attached hydrogens (tertiary/aromatic N) is 1. The Kier molecular flexibility index (Phi) is 5.39. The summed E-state index contributed by atoms with van der Waals surface area (Å²) >= 11 is 0. The molecule has 3 aromatic rings. The fourth-order valence-electron chi connectivity index (χ4n) is 2.75. The molecule has 7 heteroatoms. The van der Waals surface area contributed by atoms with E-state index in [4.69, 9.17) is 9.88 Å². The Morgan fingerprint density at radius 2 is 1.88 bits per heavy atom. The van der Waals surface area contributed by atoms with Crippen molar-refractivity contribution in [2.45, 2.75) is 31.1 Å². The second kappa shape index (κ2) is 7.72. The lowest BCUT2D eigenvalue weighted by atomic mass is 10.1. The highest BCUT2D eigenvalue weighted by atomic mass is 32.2. The first-order chi connectivity index (χ1) is 12.5. The summed E-state index contributed by atoms with van der Waals surface area (Å²) in [7, 11) is -3.81. The fourth-order valence-corrected chi connectivity index (χ4v) is 3.56. The molecule has 0 aliphatic heterocycles. The van der Waals surface area contributed by atoms with Crippen molar-refractivity contribution in [2.75, 3.05) is 0 Å². The summed E-state index contributed by atoms with van der Waals surface area (Å²) in [6, 6.07) is 14.3. The van der Waals surface area contributed by atoms with Crippen LogP contribution in [-0.2, 0) is 16.4 Å². The number of nitrogens with two attached hydrogens (primary N) is 1. The number of primary sulfonamides is 1. The largest absolute Gasteiger partial charge is 0.457 e. The van der Waals surface area contributed by atoms with Gasteiger partial charge in [0.15, 0.2) is 0 Å². The van der Waals surface area contributed by atoms with Crippen LogP contribution in [0.25, 0.3) is 11.3 Å². The predicted molar refractivity (Wildman–Crippen MR) is 101 cm³/mol. The molecular formula is C19H21N3O3S. The number of H-pyrrole nitrogens is 1. The third-order valence-corrected chi connectivity index (χ3v) is 5.05. The Bertz CT molecular complexity index is 966. The van der Waals surface area contributed by atoms with Crippen molar-refractivity contribution >= 4 is 10.0 Å². The maximum atomic E-state index is 11.9. The number of benzene rings is 2. The van der Waals surface area contributed by atoms with Gasteiger partial charge in [0.2, 0.25) is 10.0 Å². The van der Waals surface area contributed by atoms with Crippen LogP contribution in [0.3, 0.4) is 0 Å². The number of sulfonamides is 1. The van der Waals surface area contributed by atoms with Crippen molar-refractivity contribution in [3.05, 3.63) is 60.3 Å². The smallest absolute Gasteiger partial charge is 0.238 e. The monoisotopic (exact) mass is 371 g/mol. The number of rotatable bonds is 7. The topological polar surface area (TPSA) is 98.1 Å². The van der Waals surface area contributed by atoms with Crippen molar-refractivity contribution in [1.29, 1.82) is 0 Å². The molecule has 0 atom stereocenters. The van der Waals surface area contributed by atoms with Crippen molar-refractivity contribution in [3.8, 4) is 22.8 Å². The molecule has 1 heterocycles. The Balaban J connectivity index is 1.91. The molecule has 0 saturated carbocycles. The van der Waals surface area contributed by atoms with Gasteiger partial charge in [0, 0.05) is 17.3 Å². The summed E-state index contributed by atoms with van der Waals surface area (Å²) in [4.78, 5) is 0.122. The summed E-state index contributed by atoms with van der Waals surface area (Å²) in [5, 5.41) is 12.3. The van der Waals surface area contributed by atoms with E-state index in [-0.39, 0.29) is 4.90 Å². The van der Waals surface area contributed by atoms with Crippen molar-refractivity contribution < 1.29 is 13.2 Å². The molecule has 2 aromatic carbocycles. The first kappa shape index (κ1) is 18.2. The quantitative estimate of drug-likeness (QED) is 0.659. The van der Waals surface area contributed by atoms with Gasteiger partial charge in [0.1, 0.15) is 11.5 Å². The average Bonchev–Trinajstić information content (AvgIpc) is 3.15. The number of unbranched alkanes of at least 4 members (excludes halogenated alkanes) is 1. The van der Waals surface area contributed by atoms with Gasteiger partial charge in [0.05, 0.1) is 10.6 Å². The second-order valence-electron chi connectivity index (χ2n) is 5.97. The first-order valence-corrected chi connectivity index (χ1v) is 9.96. The first-order valence-electron chi connectivity index (χ1n) is 8.42. The van der Waals surface area contributed by atoms with Crippen LogP contribution in [-0.4, -0.2) is 18.6 Å². The van der Waals surface area contributed by atoms with Crippen LogP contribution in [0, 0.1) is 0 Å². The molecule has 0 unspecified atom stereocenters. The summed E-state index contributed by atoms with van der Waals surface area (Å²) in [5.41, 5.74) is 2.42. The highest BCUT2D eigenvalue weighted by Crippen LogP contribution is 2.32. The lowest BCUT2D eigenvalue weighted by Gasteiger charge is -2.14. The molecule has 1 aromatic heterocycles. The number of aromatic nitrogens is 2. The Labute approximate surface area is 153 Å². The van der Waals surface area contributed by atoms with Gasteiger partial charge in [-0.15, -0.1) is 0 Å². The standard InChI is InChI=1S/C19H21N3O3S/c1-2-3-5-16-18(6-4-7-19(16)26(20,23)24)25-15-10-8-14(9-11-15)17-12-13-21-22-17/h4,6-13H,2-3,5H2,1H3,(H,21,22)(H2,20,23,24). The number of nitrogens with one attached hydrogen (secondary N) is 1. The van der Waals surface area contributed by atoms with Gasteiger partial charge >= 0.3 is 0 Å². The summed E-state index contributed by atoms with van der Waals surface area (Å²) in [5.74, 6) is 1.13. The van der Waals surface area contributed by atoms with E-state index in [0.29, 0.717) is 23.5 Å². The molecule has 26 heavy (non-hydrogen) atoms. The molecule has 6 nitrogen and oxygen atoms in total. The molecule has 0 aliphatic rings. The molecule has 0 aliphatic carbocycles. The van der Waals surface area contributed by atoms with E-state index in [2.05, 4.69) is 10.2 Å². The number of hydrogen-bond donors (Lipinski definition) is 2. The zero-order valence-electron chi connectivity index (χ0n) is 14.5. The minimum Gasteiger partial charge on any atom is -0.457 e. The second-order valence-corrected chi connectivity index (χ2v) is 7.50. The molecule has 0 bridgehead atoms. The summed E-state index contributed by atoms with van der Waals surface area (Å²) < 4.78 is 29.8. The van der Waals surface area contributed by atoms with E-state index >= 15 is 0 Å². The van der Waals surface area contributed by atoms with Gasteiger partial charge < -0.3 is 4.74 Å². The van der Waals surface area contributed by atoms with Crippen LogP contribution in [0.2, 0.25) is 0 Å². The Hall–Kier alpha value is -2.64. The molecule has 0 fully saturated rings. The molecular weight excluding hydrogens is 350 g/mol. The van der Waals surface area contributed by atoms with Gasteiger partial charge in [-0.05, 0) is 55.3 Å². The fraction of sp³-hybridized carbons (Fsp3) is 0.211. The molecule has 0 saturated heterocycles. The van der Waals surface area contributed by atoms with Crippen LogP contribution < -0.4 is 9.88 Å². The third kappa shape index (κ3) is 4.12. The predicted octanol–water partition coefficient (Wildman–Crippen LogP) is 3.86. The van der Waals surface area contributed by atoms with Crippen molar-refractivity contribution in [1.82, 2.24) is 10.2 Å². The van der Waals surface area contributed by atoms with E-state index in [1.807, 2.05) is 37.3 Å². The van der Waals surface area contributed by atoms with E-state index in [9.17, 15) is 8.42 Å². The molecule has 0 spiro atoms. The lowest BCUT2D eigenvalue weighted by Crippen LogP contribution is -2.15. The Morgan fingerprint density at radius 3 is 2.50 bits per heavy atom. The molecule has 0 radical (unpaired) electrons. The molecule has 0 amide bonds. The highest BCUT2D eigenvalue weighted by molar-refractivity contribution is 7.89. The maximum Gasteiger partial charge on any atom is 0.238 e. The minimum atomic E-state index is -3.81. The van der Waals surface area contributed by atoms with Gasteiger partial charge in [-0.2, -0.15) is 5.10 Å². The van der Waals surface area contributed by atoms with E-state index in [1.165, 1.54) is 6.07 Å². The van der Waals surface area contributed by atoms with Crippen LogP contribution >= 0.6 is 0 Å². The SMILES string of the molecule is CCCCc1c(Oc2ccc(-c3cc[nH]n3)cc2)cccc1S(N)(=O)=O. The van der Waals surface area contributed by atoms with Gasteiger partial charge in [0.25, 0.3) is 0 Å². The molecule has 3 rings (SSSR count). The number of aromatic amines is 1. The zero-order valence-corrected chi connectivity index (χ0v) is 15.3. The van der Waals surface area contributed by atoms with Crippen LogP contribution in [0.15, 0.2) is 59.6 Å². The normalized spacial score (nSPS) is 11.5. The van der Waals surface area contributed by atoms with Gasteiger partial charge in [-0.1, -0.05) is 19.4 Å². The number of hydrogen-bond acceptors (Lipinski definition) is 4. The van der Waals surface area contributed by atoms with E-state index in [0.717, 1.165) is 24.1 Å². The van der Waals surface area contributed by atoms with Crippen molar-refractivity contribution in [2.24, 2.45) is 5.14 Å². The van der Waals surface area contributed by atoms with E-state index < -0.39 is 10.0 Å². The van der Waals surface area contributed by atoms with Crippen LogP contribution in [0.5, 0.6) is 11.5 Å². The highest BCUT2D eigenvalue weighted by Gasteiger charge is 2.18. The van der Waals surface area contributed by atoms with Gasteiger partial charge in [-0.25, -0.2) is 13.6 Å². The average molecular weight is 371 g/mol. The zero-order chi connectivity index (χ0) is 18.6. The molecule has 136 valence electrons. The summed E-state index contributed by atoms with van der Waals surface area (Å²) in [6.07, 6.45) is 4.14. The third-order valence-electron chi connectivity index (χ3n) is 4.06. The molecule has 3 N–H and O–H groups in total. The van der Waals surface area contributed by atoms with Crippen LogP contribution in [0.4, 0.5) is 0 Å². The van der Waals surface area contributed by atoms with Crippen LogP contribution in [0.1, 0.15) is 25.3 Å². The summed E-state index contributed by atoms with van der Waals surface area (Å²) in [6.45, 7) is 2.05. The number of ether oxygens (including phenoxy) is 1.